The highest BCUT2D eigenvalue weighted by atomic mass is 16.1. The van der Waals surface area contributed by atoms with Gasteiger partial charge in [-0.3, -0.25) is 4.79 Å². The van der Waals surface area contributed by atoms with Crippen LogP contribution < -0.4 is 10.6 Å². The lowest BCUT2D eigenvalue weighted by atomic mass is 9.99. The minimum absolute atomic E-state index is 0.0264. The molecule has 0 spiro atoms. The SMILES string of the molecule is CNC(=O)c1cccc(NC(C)C2(C)CC2)c1C. The van der Waals surface area contributed by atoms with Gasteiger partial charge in [-0.2, -0.15) is 0 Å². The van der Waals surface area contributed by atoms with E-state index in [1.807, 2.05) is 25.1 Å². The van der Waals surface area contributed by atoms with Crippen LogP contribution in [-0.4, -0.2) is 19.0 Å². The van der Waals surface area contributed by atoms with E-state index in [0.717, 1.165) is 16.8 Å². The number of rotatable bonds is 4. The molecule has 3 nitrogen and oxygen atoms in total. The largest absolute Gasteiger partial charge is 0.382 e. The summed E-state index contributed by atoms with van der Waals surface area (Å²) < 4.78 is 0. The van der Waals surface area contributed by atoms with Gasteiger partial charge >= 0.3 is 0 Å². The van der Waals surface area contributed by atoms with Crippen LogP contribution in [0.2, 0.25) is 0 Å². The molecule has 1 aromatic rings. The molecule has 1 atom stereocenters. The first-order chi connectivity index (χ1) is 8.48. The summed E-state index contributed by atoms with van der Waals surface area (Å²) in [5, 5.41) is 6.23. The van der Waals surface area contributed by atoms with Crippen LogP contribution in [-0.2, 0) is 0 Å². The molecule has 0 bridgehead atoms. The summed E-state index contributed by atoms with van der Waals surface area (Å²) in [5.74, 6) is -0.0264. The van der Waals surface area contributed by atoms with Crippen molar-refractivity contribution in [2.75, 3.05) is 12.4 Å². The van der Waals surface area contributed by atoms with Gasteiger partial charge in [0.2, 0.25) is 0 Å². The summed E-state index contributed by atoms with van der Waals surface area (Å²) in [4.78, 5) is 11.7. The molecule has 3 heteroatoms. The van der Waals surface area contributed by atoms with Gasteiger partial charge in [0, 0.05) is 24.3 Å². The quantitative estimate of drug-likeness (QED) is 0.857. The molecule has 1 saturated carbocycles. The number of benzene rings is 1. The van der Waals surface area contributed by atoms with Crippen LogP contribution in [0.5, 0.6) is 0 Å². The Labute approximate surface area is 109 Å². The number of carbonyl (C=O) groups excluding carboxylic acids is 1. The summed E-state index contributed by atoms with van der Waals surface area (Å²) in [7, 11) is 1.66. The van der Waals surface area contributed by atoms with Gasteiger partial charge < -0.3 is 10.6 Å². The lowest BCUT2D eigenvalue weighted by Crippen LogP contribution is -2.26. The van der Waals surface area contributed by atoms with Crippen molar-refractivity contribution in [1.29, 1.82) is 0 Å². The van der Waals surface area contributed by atoms with Crippen molar-refractivity contribution in [3.05, 3.63) is 29.3 Å². The molecule has 2 N–H and O–H groups in total. The van der Waals surface area contributed by atoms with Gasteiger partial charge in [-0.15, -0.1) is 0 Å². The van der Waals surface area contributed by atoms with Crippen molar-refractivity contribution in [1.82, 2.24) is 5.32 Å². The number of nitrogens with one attached hydrogen (secondary N) is 2. The summed E-state index contributed by atoms with van der Waals surface area (Å²) in [5.41, 5.74) is 3.26. The molecule has 0 aliphatic heterocycles. The lowest BCUT2D eigenvalue weighted by Gasteiger charge is -2.23. The molecule has 0 saturated heterocycles. The van der Waals surface area contributed by atoms with Crippen molar-refractivity contribution in [3.63, 3.8) is 0 Å². The van der Waals surface area contributed by atoms with E-state index in [1.165, 1.54) is 12.8 Å². The number of amides is 1. The van der Waals surface area contributed by atoms with Crippen molar-refractivity contribution in [2.24, 2.45) is 5.41 Å². The van der Waals surface area contributed by atoms with E-state index in [0.29, 0.717) is 11.5 Å². The molecule has 1 amide bonds. The first kappa shape index (κ1) is 12.9. The van der Waals surface area contributed by atoms with Gasteiger partial charge in [0.25, 0.3) is 5.91 Å². The Morgan fingerprint density at radius 2 is 2.06 bits per heavy atom. The van der Waals surface area contributed by atoms with Crippen molar-refractivity contribution >= 4 is 11.6 Å². The van der Waals surface area contributed by atoms with Crippen molar-refractivity contribution in [3.8, 4) is 0 Å². The third kappa shape index (κ3) is 2.35. The highest BCUT2D eigenvalue weighted by Gasteiger charge is 2.42. The Hall–Kier alpha value is -1.51. The van der Waals surface area contributed by atoms with Gasteiger partial charge in [-0.05, 0) is 49.8 Å². The van der Waals surface area contributed by atoms with E-state index in [-0.39, 0.29) is 5.91 Å². The minimum atomic E-state index is -0.0264. The Bertz CT molecular complexity index is 464. The predicted molar refractivity (Wildman–Crippen MR) is 75.0 cm³/mol. The molecule has 1 fully saturated rings. The van der Waals surface area contributed by atoms with E-state index >= 15 is 0 Å². The molecular weight excluding hydrogens is 224 g/mol. The van der Waals surface area contributed by atoms with Crippen LogP contribution in [0.25, 0.3) is 0 Å². The Morgan fingerprint density at radius 1 is 1.39 bits per heavy atom. The van der Waals surface area contributed by atoms with Crippen LogP contribution in [0.4, 0.5) is 5.69 Å². The fourth-order valence-electron chi connectivity index (χ4n) is 2.21. The Balaban J connectivity index is 2.21. The van der Waals surface area contributed by atoms with Gasteiger partial charge in [-0.25, -0.2) is 0 Å². The molecular formula is C15H22N2O. The van der Waals surface area contributed by atoms with E-state index in [4.69, 9.17) is 0 Å². The average molecular weight is 246 g/mol. The number of anilines is 1. The standard InChI is InChI=1S/C15H22N2O/c1-10-12(14(18)16-4)6-5-7-13(10)17-11(2)15(3)8-9-15/h5-7,11,17H,8-9H2,1-4H3,(H,16,18). The maximum absolute atomic E-state index is 11.7. The molecule has 2 rings (SSSR count). The molecule has 1 aliphatic carbocycles. The second kappa shape index (κ2) is 4.63. The smallest absolute Gasteiger partial charge is 0.251 e. The zero-order valence-electron chi connectivity index (χ0n) is 11.6. The highest BCUT2D eigenvalue weighted by molar-refractivity contribution is 5.96. The summed E-state index contributed by atoms with van der Waals surface area (Å²) >= 11 is 0. The number of hydrogen-bond acceptors (Lipinski definition) is 2. The monoisotopic (exact) mass is 246 g/mol. The van der Waals surface area contributed by atoms with Crippen molar-refractivity contribution in [2.45, 2.75) is 39.7 Å². The molecule has 0 radical (unpaired) electrons. The molecule has 98 valence electrons. The summed E-state index contributed by atoms with van der Waals surface area (Å²) in [6.45, 7) is 6.52. The van der Waals surface area contributed by atoms with Gasteiger partial charge in [0.15, 0.2) is 0 Å². The zero-order chi connectivity index (χ0) is 13.3. The van der Waals surface area contributed by atoms with Crippen LogP contribution >= 0.6 is 0 Å². The zero-order valence-corrected chi connectivity index (χ0v) is 11.6. The highest BCUT2D eigenvalue weighted by Crippen LogP contribution is 2.49. The third-order valence-corrected chi connectivity index (χ3v) is 4.26. The van der Waals surface area contributed by atoms with E-state index in [9.17, 15) is 4.79 Å². The predicted octanol–water partition coefficient (Wildman–Crippen LogP) is 2.96. The second-order valence-electron chi connectivity index (χ2n) is 5.58. The maximum atomic E-state index is 11.7. The normalized spacial score (nSPS) is 18.0. The lowest BCUT2D eigenvalue weighted by molar-refractivity contribution is 0.0962. The topological polar surface area (TPSA) is 41.1 Å². The van der Waals surface area contributed by atoms with Crippen molar-refractivity contribution < 1.29 is 4.79 Å². The van der Waals surface area contributed by atoms with Crippen LogP contribution in [0.3, 0.4) is 0 Å². The van der Waals surface area contributed by atoms with E-state index < -0.39 is 0 Å². The van der Waals surface area contributed by atoms with E-state index in [1.54, 1.807) is 7.05 Å². The molecule has 1 aromatic carbocycles. The molecule has 0 heterocycles. The van der Waals surface area contributed by atoms with Crippen LogP contribution in [0, 0.1) is 12.3 Å². The maximum Gasteiger partial charge on any atom is 0.251 e. The molecule has 1 aliphatic rings. The molecule has 18 heavy (non-hydrogen) atoms. The van der Waals surface area contributed by atoms with Gasteiger partial charge in [0.1, 0.15) is 0 Å². The average Bonchev–Trinajstić information content (AvgIpc) is 3.10. The number of hydrogen-bond donors (Lipinski definition) is 2. The van der Waals surface area contributed by atoms with Crippen LogP contribution in [0.1, 0.15) is 42.6 Å². The molecule has 1 unspecified atom stereocenters. The Kier molecular flexibility index (Phi) is 3.33. The van der Waals surface area contributed by atoms with Crippen LogP contribution in [0.15, 0.2) is 18.2 Å². The summed E-state index contributed by atoms with van der Waals surface area (Å²) in [6.07, 6.45) is 2.57. The summed E-state index contributed by atoms with van der Waals surface area (Å²) in [6, 6.07) is 6.28. The Morgan fingerprint density at radius 3 is 2.61 bits per heavy atom. The first-order valence-electron chi connectivity index (χ1n) is 6.56. The van der Waals surface area contributed by atoms with E-state index in [2.05, 4.69) is 24.5 Å². The molecule has 0 aromatic heterocycles. The second-order valence-corrected chi connectivity index (χ2v) is 5.58. The fourth-order valence-corrected chi connectivity index (χ4v) is 2.21. The first-order valence-corrected chi connectivity index (χ1v) is 6.56. The van der Waals surface area contributed by atoms with Gasteiger partial charge in [0.05, 0.1) is 0 Å². The van der Waals surface area contributed by atoms with Gasteiger partial charge in [-0.1, -0.05) is 13.0 Å². The third-order valence-electron chi connectivity index (χ3n) is 4.26. The minimum Gasteiger partial charge on any atom is -0.382 e. The number of carbonyl (C=O) groups is 1. The fraction of sp³-hybridized carbons (Fsp3) is 0.533.